The summed E-state index contributed by atoms with van der Waals surface area (Å²) in [6.45, 7) is 1.98. The van der Waals surface area contributed by atoms with Gasteiger partial charge in [0.25, 0.3) is 5.91 Å². The Labute approximate surface area is 103 Å². The minimum absolute atomic E-state index is 0.202. The lowest BCUT2D eigenvalue weighted by molar-refractivity contribution is -0.118. The molecule has 1 atom stereocenters. The molecule has 1 aliphatic rings. The van der Waals surface area contributed by atoms with E-state index in [-0.39, 0.29) is 5.91 Å². The molecule has 1 aromatic carbocycles. The number of thioether (sulfide) groups is 1. The molecule has 1 fully saturated rings. The van der Waals surface area contributed by atoms with Crippen molar-refractivity contribution in [1.29, 1.82) is 0 Å². The number of carbonyl (C=O) groups excluding carboxylic acids is 1. The summed E-state index contributed by atoms with van der Waals surface area (Å²) in [5.41, 5.74) is 1.85. The molecular weight excluding hydrogens is 242 g/mol. The Morgan fingerprint density at radius 2 is 2.31 bits per heavy atom. The number of hydrogen-bond donors (Lipinski definition) is 1. The Balaban J connectivity index is 2.10. The van der Waals surface area contributed by atoms with Gasteiger partial charge in [0.1, 0.15) is 4.32 Å². The minimum atomic E-state index is -0.548. The van der Waals surface area contributed by atoms with Crippen LogP contribution in [-0.4, -0.2) is 15.6 Å². The molecule has 1 amide bonds. The molecule has 6 heteroatoms. The number of aryl methyl sites for hydroxylation is 1. The van der Waals surface area contributed by atoms with Crippen molar-refractivity contribution in [2.45, 2.75) is 12.3 Å². The highest BCUT2D eigenvalue weighted by atomic mass is 32.2. The van der Waals surface area contributed by atoms with Crippen LogP contribution in [0.3, 0.4) is 0 Å². The number of carbonyl (C=O) groups is 1. The number of benzene rings is 1. The van der Waals surface area contributed by atoms with Gasteiger partial charge in [-0.2, -0.15) is 10.2 Å². The van der Waals surface area contributed by atoms with E-state index in [2.05, 4.69) is 15.5 Å². The second kappa shape index (κ2) is 4.71. The summed E-state index contributed by atoms with van der Waals surface area (Å²) in [5, 5.41) is 9.94. The zero-order chi connectivity index (χ0) is 11.5. The topological polar surface area (TPSA) is 53.8 Å². The molecular formula is C10H9N3OS2. The van der Waals surface area contributed by atoms with Gasteiger partial charge in [-0.25, -0.2) is 0 Å². The maximum absolute atomic E-state index is 11.3. The van der Waals surface area contributed by atoms with Gasteiger partial charge in [0.15, 0.2) is 0 Å². The van der Waals surface area contributed by atoms with Crippen LogP contribution in [0.4, 0.5) is 5.69 Å². The lowest BCUT2D eigenvalue weighted by atomic mass is 10.2. The lowest BCUT2D eigenvalue weighted by Crippen LogP contribution is -2.22. The van der Waals surface area contributed by atoms with Crippen LogP contribution in [0.25, 0.3) is 0 Å². The van der Waals surface area contributed by atoms with E-state index in [4.69, 9.17) is 12.2 Å². The monoisotopic (exact) mass is 251 g/mol. The smallest absolute Gasteiger partial charge is 0.262 e. The molecule has 1 aliphatic heterocycles. The first-order valence-corrected chi connectivity index (χ1v) is 5.93. The van der Waals surface area contributed by atoms with E-state index in [1.165, 1.54) is 11.8 Å². The van der Waals surface area contributed by atoms with Crippen LogP contribution in [0.2, 0.25) is 0 Å². The molecule has 0 bridgehead atoms. The van der Waals surface area contributed by atoms with Crippen molar-refractivity contribution in [3.8, 4) is 0 Å². The molecule has 2 rings (SSSR count). The van der Waals surface area contributed by atoms with Gasteiger partial charge in [0.05, 0.1) is 5.69 Å². The van der Waals surface area contributed by atoms with Gasteiger partial charge in [0, 0.05) is 0 Å². The number of amides is 1. The average molecular weight is 251 g/mol. The van der Waals surface area contributed by atoms with E-state index < -0.39 is 5.37 Å². The first-order chi connectivity index (χ1) is 7.65. The molecule has 1 N–H and O–H groups in total. The zero-order valence-corrected chi connectivity index (χ0v) is 10.1. The van der Waals surface area contributed by atoms with Gasteiger partial charge in [-0.05, 0) is 24.6 Å². The standard InChI is InChI=1S/C10H9N3OS2/c1-6-3-2-4-7(5-6)12-13-9-8(14)11-10(15)16-9/h2-5,9H,1H3,(H,11,14,15). The number of rotatable bonds is 2. The molecule has 1 heterocycles. The summed E-state index contributed by atoms with van der Waals surface area (Å²) in [5.74, 6) is -0.202. The van der Waals surface area contributed by atoms with Crippen LogP contribution in [-0.2, 0) is 4.79 Å². The Morgan fingerprint density at radius 1 is 1.50 bits per heavy atom. The van der Waals surface area contributed by atoms with Crippen molar-refractivity contribution in [3.05, 3.63) is 29.8 Å². The Morgan fingerprint density at radius 3 is 2.94 bits per heavy atom. The lowest BCUT2D eigenvalue weighted by Gasteiger charge is -1.97. The van der Waals surface area contributed by atoms with Gasteiger partial charge < -0.3 is 5.32 Å². The molecule has 0 aliphatic carbocycles. The Kier molecular flexibility index (Phi) is 3.31. The number of nitrogens with zero attached hydrogens (tertiary/aromatic N) is 2. The van der Waals surface area contributed by atoms with Gasteiger partial charge in [-0.15, -0.1) is 0 Å². The van der Waals surface area contributed by atoms with Gasteiger partial charge in [-0.1, -0.05) is 36.1 Å². The summed E-state index contributed by atoms with van der Waals surface area (Å²) in [6.07, 6.45) is 0. The van der Waals surface area contributed by atoms with E-state index in [1.807, 2.05) is 31.2 Å². The van der Waals surface area contributed by atoms with Crippen molar-refractivity contribution < 1.29 is 4.79 Å². The first kappa shape index (κ1) is 11.2. The van der Waals surface area contributed by atoms with E-state index in [9.17, 15) is 4.79 Å². The van der Waals surface area contributed by atoms with Crippen molar-refractivity contribution in [2.75, 3.05) is 0 Å². The van der Waals surface area contributed by atoms with Crippen molar-refractivity contribution in [3.63, 3.8) is 0 Å². The number of azo groups is 1. The van der Waals surface area contributed by atoms with E-state index >= 15 is 0 Å². The predicted molar refractivity (Wildman–Crippen MR) is 67.8 cm³/mol. The van der Waals surface area contributed by atoms with E-state index in [0.717, 1.165) is 11.3 Å². The van der Waals surface area contributed by atoms with Gasteiger partial charge in [0.2, 0.25) is 5.37 Å². The average Bonchev–Trinajstić information content (AvgIpc) is 2.54. The van der Waals surface area contributed by atoms with E-state index in [1.54, 1.807) is 0 Å². The van der Waals surface area contributed by atoms with Crippen molar-refractivity contribution >= 4 is 39.9 Å². The van der Waals surface area contributed by atoms with Crippen LogP contribution >= 0.6 is 24.0 Å². The zero-order valence-electron chi connectivity index (χ0n) is 8.51. The fourth-order valence-electron chi connectivity index (χ4n) is 1.23. The van der Waals surface area contributed by atoms with Gasteiger partial charge in [-0.3, -0.25) is 4.79 Å². The summed E-state index contributed by atoms with van der Waals surface area (Å²) >= 11 is 6.06. The number of hydrogen-bond acceptors (Lipinski definition) is 5. The third-order valence-corrected chi connectivity index (χ3v) is 3.19. The second-order valence-electron chi connectivity index (χ2n) is 3.30. The fourth-order valence-corrected chi connectivity index (χ4v) is 2.23. The molecule has 0 saturated carbocycles. The van der Waals surface area contributed by atoms with Gasteiger partial charge >= 0.3 is 0 Å². The van der Waals surface area contributed by atoms with Crippen molar-refractivity contribution in [1.82, 2.24) is 5.32 Å². The highest BCUT2D eigenvalue weighted by molar-refractivity contribution is 8.24. The van der Waals surface area contributed by atoms with Crippen LogP contribution in [0.1, 0.15) is 5.56 Å². The second-order valence-corrected chi connectivity index (χ2v) is 5.06. The number of thiocarbonyl (C=S) groups is 1. The molecule has 0 radical (unpaired) electrons. The largest absolute Gasteiger partial charge is 0.309 e. The molecule has 0 spiro atoms. The minimum Gasteiger partial charge on any atom is -0.309 e. The maximum atomic E-state index is 11.3. The fraction of sp³-hybridized carbons (Fsp3) is 0.200. The van der Waals surface area contributed by atoms with Crippen LogP contribution < -0.4 is 5.32 Å². The SMILES string of the molecule is Cc1cccc(N=NC2SC(=S)NC2=O)c1. The predicted octanol–water partition coefficient (Wildman–Crippen LogP) is 2.55. The highest BCUT2D eigenvalue weighted by Crippen LogP contribution is 2.23. The first-order valence-electron chi connectivity index (χ1n) is 4.64. The molecule has 1 unspecified atom stereocenters. The summed E-state index contributed by atoms with van der Waals surface area (Å²) in [7, 11) is 0. The molecule has 0 aromatic heterocycles. The van der Waals surface area contributed by atoms with E-state index in [0.29, 0.717) is 4.32 Å². The third-order valence-electron chi connectivity index (χ3n) is 1.95. The van der Waals surface area contributed by atoms with Crippen molar-refractivity contribution in [2.24, 2.45) is 10.2 Å². The normalized spacial score (nSPS) is 20.4. The Hall–Kier alpha value is -1.27. The van der Waals surface area contributed by atoms with Crippen LogP contribution in [0.15, 0.2) is 34.5 Å². The molecule has 1 aromatic rings. The molecule has 4 nitrogen and oxygen atoms in total. The van der Waals surface area contributed by atoms with Crippen LogP contribution in [0, 0.1) is 6.92 Å². The maximum Gasteiger partial charge on any atom is 0.262 e. The third kappa shape index (κ3) is 2.65. The quantitative estimate of drug-likeness (QED) is 0.649. The van der Waals surface area contributed by atoms with Crippen LogP contribution in [0.5, 0.6) is 0 Å². The Bertz CT molecular complexity index is 473. The summed E-state index contributed by atoms with van der Waals surface area (Å²) in [6, 6.07) is 7.62. The molecule has 16 heavy (non-hydrogen) atoms. The molecule has 82 valence electrons. The summed E-state index contributed by atoms with van der Waals surface area (Å²) < 4.78 is 0.457. The summed E-state index contributed by atoms with van der Waals surface area (Å²) in [4.78, 5) is 11.3. The molecule has 1 saturated heterocycles. The number of nitrogens with one attached hydrogen (secondary N) is 1. The highest BCUT2D eigenvalue weighted by Gasteiger charge is 2.28.